The molecule has 0 aliphatic rings. The summed E-state index contributed by atoms with van der Waals surface area (Å²) >= 11 is 0. The molecule has 19 heavy (non-hydrogen) atoms. The van der Waals surface area contributed by atoms with E-state index in [9.17, 15) is 9.18 Å². The van der Waals surface area contributed by atoms with Gasteiger partial charge in [-0.2, -0.15) is 5.10 Å². The lowest BCUT2D eigenvalue weighted by Gasteiger charge is -2.06. The van der Waals surface area contributed by atoms with E-state index in [0.717, 1.165) is 0 Å². The number of amides is 1. The van der Waals surface area contributed by atoms with Crippen LogP contribution in [0.15, 0.2) is 30.5 Å². The number of hydrogen-bond acceptors (Lipinski definition) is 2. The number of terminal acetylenes is 1. The maximum Gasteiger partial charge on any atom is 0.255 e. The predicted molar refractivity (Wildman–Crippen MR) is 69.4 cm³/mol. The number of rotatable bonds is 3. The zero-order valence-corrected chi connectivity index (χ0v) is 10.4. The van der Waals surface area contributed by atoms with Crippen LogP contribution in [0, 0.1) is 25.1 Å². The van der Waals surface area contributed by atoms with Crippen LogP contribution in [0.4, 0.5) is 4.39 Å². The Bertz CT molecular complexity index is 655. The van der Waals surface area contributed by atoms with E-state index in [4.69, 9.17) is 6.42 Å². The number of benzene rings is 1. The van der Waals surface area contributed by atoms with Crippen molar-refractivity contribution in [3.63, 3.8) is 0 Å². The zero-order valence-electron chi connectivity index (χ0n) is 10.4. The SMILES string of the molecule is C#CCNC(=O)c1cnn(-c2ccccc2F)c1C. The Hall–Kier alpha value is -2.61. The van der Waals surface area contributed by atoms with Gasteiger partial charge in [0.1, 0.15) is 11.5 Å². The summed E-state index contributed by atoms with van der Waals surface area (Å²) < 4.78 is 15.1. The summed E-state index contributed by atoms with van der Waals surface area (Å²) in [6.07, 6.45) is 6.47. The summed E-state index contributed by atoms with van der Waals surface area (Å²) in [6, 6.07) is 6.24. The molecule has 1 aromatic carbocycles. The van der Waals surface area contributed by atoms with Crippen molar-refractivity contribution in [2.45, 2.75) is 6.92 Å². The minimum atomic E-state index is -0.399. The molecule has 1 aromatic heterocycles. The Kier molecular flexibility index (Phi) is 3.62. The average molecular weight is 257 g/mol. The van der Waals surface area contributed by atoms with Gasteiger partial charge in [0.25, 0.3) is 5.91 Å². The Balaban J connectivity index is 2.37. The maximum absolute atomic E-state index is 13.7. The summed E-state index contributed by atoms with van der Waals surface area (Å²) in [7, 11) is 0. The lowest BCUT2D eigenvalue weighted by molar-refractivity contribution is 0.0958. The minimum Gasteiger partial charge on any atom is -0.341 e. The highest BCUT2D eigenvalue weighted by Gasteiger charge is 2.15. The summed E-state index contributed by atoms with van der Waals surface area (Å²) in [5, 5.41) is 6.59. The minimum absolute atomic E-state index is 0.142. The van der Waals surface area contributed by atoms with E-state index < -0.39 is 5.82 Å². The van der Waals surface area contributed by atoms with Crippen molar-refractivity contribution < 1.29 is 9.18 Å². The first kappa shape index (κ1) is 12.8. The van der Waals surface area contributed by atoms with Crippen molar-refractivity contribution in [1.29, 1.82) is 0 Å². The van der Waals surface area contributed by atoms with Crippen LogP contribution in [0.1, 0.15) is 16.1 Å². The molecule has 0 unspecified atom stereocenters. The van der Waals surface area contributed by atoms with Gasteiger partial charge in [-0.3, -0.25) is 4.79 Å². The fraction of sp³-hybridized carbons (Fsp3) is 0.143. The molecule has 0 aliphatic carbocycles. The lowest BCUT2D eigenvalue weighted by atomic mass is 10.2. The molecule has 0 bridgehead atoms. The van der Waals surface area contributed by atoms with Gasteiger partial charge >= 0.3 is 0 Å². The van der Waals surface area contributed by atoms with Crippen LogP contribution in [0.25, 0.3) is 5.69 Å². The molecule has 2 aromatic rings. The van der Waals surface area contributed by atoms with Gasteiger partial charge in [-0.1, -0.05) is 18.1 Å². The first-order valence-corrected chi connectivity index (χ1v) is 5.66. The van der Waals surface area contributed by atoms with Gasteiger partial charge in [0.15, 0.2) is 0 Å². The number of hydrogen-bond donors (Lipinski definition) is 1. The van der Waals surface area contributed by atoms with E-state index in [1.54, 1.807) is 25.1 Å². The molecule has 0 atom stereocenters. The number of nitrogens with zero attached hydrogens (tertiary/aromatic N) is 2. The maximum atomic E-state index is 13.7. The van der Waals surface area contributed by atoms with Gasteiger partial charge < -0.3 is 5.32 Å². The standard InChI is InChI=1S/C14H12FN3O/c1-3-8-16-14(19)11-9-17-18(10(11)2)13-7-5-4-6-12(13)15/h1,4-7,9H,8H2,2H3,(H,16,19). The molecular weight excluding hydrogens is 245 g/mol. The van der Waals surface area contributed by atoms with Gasteiger partial charge in [0.05, 0.1) is 24.0 Å². The number of carbonyl (C=O) groups is 1. The van der Waals surface area contributed by atoms with Gasteiger partial charge in [0.2, 0.25) is 0 Å². The van der Waals surface area contributed by atoms with Crippen LogP contribution in [-0.4, -0.2) is 22.2 Å². The first-order valence-electron chi connectivity index (χ1n) is 5.66. The molecule has 0 aliphatic heterocycles. The van der Waals surface area contributed by atoms with Gasteiger partial charge in [0, 0.05) is 0 Å². The molecule has 4 nitrogen and oxygen atoms in total. The van der Waals surface area contributed by atoms with Crippen molar-refractivity contribution >= 4 is 5.91 Å². The van der Waals surface area contributed by atoms with E-state index in [-0.39, 0.29) is 12.5 Å². The van der Waals surface area contributed by atoms with Crippen LogP contribution in [0.2, 0.25) is 0 Å². The number of para-hydroxylation sites is 1. The molecule has 5 heteroatoms. The first-order chi connectivity index (χ1) is 9.15. The molecule has 0 radical (unpaired) electrons. The summed E-state index contributed by atoms with van der Waals surface area (Å²) in [4.78, 5) is 11.8. The summed E-state index contributed by atoms with van der Waals surface area (Å²) in [5.41, 5.74) is 1.23. The molecule has 0 saturated heterocycles. The van der Waals surface area contributed by atoms with Gasteiger partial charge in [-0.05, 0) is 19.1 Å². The van der Waals surface area contributed by atoms with Gasteiger partial charge in [-0.15, -0.1) is 6.42 Å². The third-order valence-corrected chi connectivity index (χ3v) is 2.69. The summed E-state index contributed by atoms with van der Waals surface area (Å²) in [5.74, 6) is 1.60. The number of carbonyl (C=O) groups excluding carboxylic acids is 1. The quantitative estimate of drug-likeness (QED) is 0.850. The average Bonchev–Trinajstić information content (AvgIpc) is 2.78. The molecular formula is C14H12FN3O. The molecule has 1 heterocycles. The van der Waals surface area contributed by atoms with Crippen molar-refractivity contribution in [2.75, 3.05) is 6.54 Å². The van der Waals surface area contributed by atoms with E-state index in [2.05, 4.69) is 16.3 Å². The van der Waals surface area contributed by atoms with Gasteiger partial charge in [-0.25, -0.2) is 9.07 Å². The molecule has 1 amide bonds. The third kappa shape index (κ3) is 2.47. The Morgan fingerprint density at radius 3 is 2.95 bits per heavy atom. The van der Waals surface area contributed by atoms with Crippen LogP contribution < -0.4 is 5.32 Å². The van der Waals surface area contributed by atoms with E-state index in [0.29, 0.717) is 16.9 Å². The predicted octanol–water partition coefficient (Wildman–Crippen LogP) is 1.68. The van der Waals surface area contributed by atoms with Crippen molar-refractivity contribution in [3.8, 4) is 18.0 Å². The molecule has 2 rings (SSSR count). The monoisotopic (exact) mass is 257 g/mol. The van der Waals surface area contributed by atoms with Crippen molar-refractivity contribution in [1.82, 2.24) is 15.1 Å². The van der Waals surface area contributed by atoms with Crippen LogP contribution in [-0.2, 0) is 0 Å². The number of aromatic nitrogens is 2. The second-order valence-electron chi connectivity index (χ2n) is 3.89. The lowest BCUT2D eigenvalue weighted by Crippen LogP contribution is -2.24. The van der Waals surface area contributed by atoms with Crippen molar-refractivity contribution in [3.05, 3.63) is 47.5 Å². The zero-order chi connectivity index (χ0) is 13.8. The highest BCUT2D eigenvalue weighted by Crippen LogP contribution is 2.16. The summed E-state index contributed by atoms with van der Waals surface area (Å²) in [6.45, 7) is 1.84. The van der Waals surface area contributed by atoms with Crippen molar-refractivity contribution in [2.24, 2.45) is 0 Å². The van der Waals surface area contributed by atoms with E-state index >= 15 is 0 Å². The third-order valence-electron chi connectivity index (χ3n) is 2.69. The molecule has 1 N–H and O–H groups in total. The topological polar surface area (TPSA) is 46.9 Å². The number of nitrogens with one attached hydrogen (secondary N) is 1. The molecule has 0 saturated carbocycles. The Morgan fingerprint density at radius 2 is 2.26 bits per heavy atom. The largest absolute Gasteiger partial charge is 0.341 e. The van der Waals surface area contributed by atoms with Crippen LogP contribution in [0.3, 0.4) is 0 Å². The van der Waals surface area contributed by atoms with E-state index in [1.165, 1.54) is 16.9 Å². The fourth-order valence-corrected chi connectivity index (χ4v) is 1.73. The smallest absolute Gasteiger partial charge is 0.255 e. The highest BCUT2D eigenvalue weighted by atomic mass is 19.1. The highest BCUT2D eigenvalue weighted by molar-refractivity contribution is 5.95. The fourth-order valence-electron chi connectivity index (χ4n) is 1.73. The second kappa shape index (κ2) is 5.36. The second-order valence-corrected chi connectivity index (χ2v) is 3.89. The molecule has 96 valence electrons. The number of halogens is 1. The van der Waals surface area contributed by atoms with Crippen LogP contribution >= 0.6 is 0 Å². The van der Waals surface area contributed by atoms with Crippen LogP contribution in [0.5, 0.6) is 0 Å². The Morgan fingerprint density at radius 1 is 1.53 bits per heavy atom. The van der Waals surface area contributed by atoms with E-state index in [1.807, 2.05) is 0 Å². The molecule has 0 fully saturated rings. The normalized spacial score (nSPS) is 9.95. The Labute approximate surface area is 110 Å². The molecule has 0 spiro atoms.